The standard InChI is InChI=1S/4C11H17N.C10H18N2.C10H16O.C10H16S/c2*1-8(2)10-5-6-12-7-11(10)9(3)4;2*1-8(2)10-6-5-7-12-11(10)9(3)4;1-7(2)9-6-11-12(5)10(9)8(3)4;2*1-7(2)9-5-6-11-10(9)8(3)4/h4*5-9H,1-4H3;6-8H,1-5H3;2*5-8H,1-4H3. The predicted octanol–water partition coefficient (Wildman–Crippen LogP) is 23.5. The third-order valence-corrected chi connectivity index (χ3v) is 15.5. The van der Waals surface area contributed by atoms with E-state index in [4.69, 9.17) is 4.42 Å². The number of rotatable bonds is 14. The molecule has 7 nitrogen and oxygen atoms in total. The number of hydrogen-bond donors (Lipinski definition) is 0. The van der Waals surface area contributed by atoms with Gasteiger partial charge in [-0.25, -0.2) is 0 Å². The highest BCUT2D eigenvalue weighted by atomic mass is 32.1. The van der Waals surface area contributed by atoms with Gasteiger partial charge in [-0.3, -0.25) is 24.6 Å². The third-order valence-electron chi connectivity index (χ3n) is 14.3. The molecule has 0 amide bonds. The number of hydrogen-bond acceptors (Lipinski definition) is 7. The third kappa shape index (κ3) is 24.9. The Hall–Kier alpha value is -5.21. The summed E-state index contributed by atoms with van der Waals surface area (Å²) in [6.07, 6.45) is 15.2. The summed E-state index contributed by atoms with van der Waals surface area (Å²) in [6, 6.07) is 17.0. The van der Waals surface area contributed by atoms with Crippen molar-refractivity contribution in [3.05, 3.63) is 181 Å². The molecule has 0 bridgehead atoms. The number of aryl methyl sites for hydroxylation is 1. The van der Waals surface area contributed by atoms with Crippen molar-refractivity contribution in [1.82, 2.24) is 29.7 Å². The Kier molecular flexibility index (Phi) is 34.6. The second kappa shape index (κ2) is 37.9. The van der Waals surface area contributed by atoms with E-state index in [0.717, 1.165) is 5.76 Å². The van der Waals surface area contributed by atoms with Crippen molar-refractivity contribution >= 4 is 11.3 Å². The summed E-state index contributed by atoms with van der Waals surface area (Å²) in [4.78, 5) is 18.7. The normalized spacial score (nSPS) is 11.3. The maximum atomic E-state index is 5.39. The van der Waals surface area contributed by atoms with E-state index in [1.165, 1.54) is 67.2 Å². The largest absolute Gasteiger partial charge is 0.469 e. The van der Waals surface area contributed by atoms with Crippen molar-refractivity contribution < 1.29 is 4.42 Å². The molecule has 0 atom stereocenters. The highest BCUT2D eigenvalue weighted by Crippen LogP contribution is 2.32. The smallest absolute Gasteiger partial charge is 0.109 e. The zero-order valence-electron chi connectivity index (χ0n) is 57.4. The first kappa shape index (κ1) is 74.8. The summed E-state index contributed by atoms with van der Waals surface area (Å²) in [5.74, 6) is 9.31. The molecule has 0 radical (unpaired) electrons. The van der Waals surface area contributed by atoms with E-state index < -0.39 is 0 Å². The first-order valence-corrected chi connectivity index (χ1v) is 32.1. The summed E-state index contributed by atoms with van der Waals surface area (Å²) in [6.45, 7) is 61.9. The molecule has 0 aliphatic rings. The second-order valence-corrected chi connectivity index (χ2v) is 27.2. The molecule has 0 N–H and O–H groups in total. The lowest BCUT2D eigenvalue weighted by atomic mass is 9.93. The van der Waals surface area contributed by atoms with E-state index in [-0.39, 0.29) is 0 Å². The van der Waals surface area contributed by atoms with Gasteiger partial charge in [0.05, 0.1) is 12.5 Å². The fourth-order valence-electron chi connectivity index (χ4n) is 9.82. The number of furan rings is 1. The molecule has 0 saturated carbocycles. The Morgan fingerprint density at radius 1 is 0.341 bits per heavy atom. The van der Waals surface area contributed by atoms with Crippen molar-refractivity contribution in [1.29, 1.82) is 0 Å². The van der Waals surface area contributed by atoms with Gasteiger partial charge in [0.15, 0.2) is 0 Å². The van der Waals surface area contributed by atoms with Crippen LogP contribution < -0.4 is 0 Å². The molecule has 0 spiro atoms. The van der Waals surface area contributed by atoms with Crippen LogP contribution in [-0.2, 0) is 7.05 Å². The van der Waals surface area contributed by atoms with Crippen LogP contribution in [0.15, 0.2) is 108 Å². The minimum Gasteiger partial charge on any atom is -0.469 e. The van der Waals surface area contributed by atoms with Crippen LogP contribution in [0.2, 0.25) is 0 Å². The van der Waals surface area contributed by atoms with Gasteiger partial charge < -0.3 is 4.42 Å². The highest BCUT2D eigenvalue weighted by Gasteiger charge is 2.16. The van der Waals surface area contributed by atoms with Crippen molar-refractivity contribution in [2.24, 2.45) is 7.05 Å². The van der Waals surface area contributed by atoms with E-state index in [2.05, 4.69) is 261 Å². The van der Waals surface area contributed by atoms with E-state index in [1.807, 2.05) is 78.6 Å². The predicted molar refractivity (Wildman–Crippen MR) is 360 cm³/mol. The molecule has 7 aromatic heterocycles. The SMILES string of the molecule is CC(C)c1cccnc1C(C)C.CC(C)c1cccnc1C(C)C.CC(C)c1ccncc1C(C)C.CC(C)c1ccncc1C(C)C.CC(C)c1ccoc1C(C)C.CC(C)c1ccsc1C(C)C.CC(C)c1cnn(C)c1C(C)C. The molecular weight excluding hydrogens is 1020 g/mol. The summed E-state index contributed by atoms with van der Waals surface area (Å²) in [5, 5.41) is 6.47. The molecule has 456 valence electrons. The molecular formula is C74H118N6OS. The maximum Gasteiger partial charge on any atom is 0.109 e. The minimum absolute atomic E-state index is 0.502. The molecule has 82 heavy (non-hydrogen) atoms. The van der Waals surface area contributed by atoms with Crippen LogP contribution in [0.5, 0.6) is 0 Å². The minimum atomic E-state index is 0.502. The lowest BCUT2D eigenvalue weighted by Crippen LogP contribution is -2.03. The van der Waals surface area contributed by atoms with Gasteiger partial charge in [0.2, 0.25) is 0 Å². The summed E-state index contributed by atoms with van der Waals surface area (Å²) in [5.41, 5.74) is 16.5. The van der Waals surface area contributed by atoms with Crippen LogP contribution in [0.4, 0.5) is 0 Å². The van der Waals surface area contributed by atoms with Gasteiger partial charge in [-0.15, -0.1) is 11.3 Å². The van der Waals surface area contributed by atoms with E-state index in [0.29, 0.717) is 82.9 Å². The Morgan fingerprint density at radius 2 is 0.732 bits per heavy atom. The molecule has 0 unspecified atom stereocenters. The van der Waals surface area contributed by atoms with E-state index >= 15 is 0 Å². The monoisotopic (exact) mass is 1140 g/mol. The zero-order valence-corrected chi connectivity index (χ0v) is 58.2. The van der Waals surface area contributed by atoms with Gasteiger partial charge in [-0.2, -0.15) is 5.10 Å². The number of aromatic nitrogens is 6. The zero-order chi connectivity index (χ0) is 62.7. The van der Waals surface area contributed by atoms with Crippen LogP contribution >= 0.6 is 11.3 Å². The van der Waals surface area contributed by atoms with Crippen LogP contribution in [0.1, 0.15) is 355 Å². The summed E-state index contributed by atoms with van der Waals surface area (Å²) in [7, 11) is 2.02. The molecule has 0 aliphatic heterocycles. The fraction of sp³-hybridized carbons (Fsp3) is 0.581. The molecule has 8 heteroatoms. The van der Waals surface area contributed by atoms with E-state index in [9.17, 15) is 0 Å². The van der Waals surface area contributed by atoms with Gasteiger partial charge in [0.1, 0.15) is 5.76 Å². The van der Waals surface area contributed by atoms with Crippen molar-refractivity contribution in [3.63, 3.8) is 0 Å². The Bertz CT molecular complexity index is 2350. The van der Waals surface area contributed by atoms with Crippen molar-refractivity contribution in [2.75, 3.05) is 0 Å². The number of pyridine rings is 4. The molecule has 0 aliphatic carbocycles. The quantitative estimate of drug-likeness (QED) is 0.108. The molecule has 0 fully saturated rings. The number of nitrogens with zero attached hydrogens (tertiary/aromatic N) is 6. The topological polar surface area (TPSA) is 82.5 Å². The molecule has 7 heterocycles. The van der Waals surface area contributed by atoms with Crippen LogP contribution in [0, 0.1) is 0 Å². The maximum absolute atomic E-state index is 5.39. The van der Waals surface area contributed by atoms with Crippen LogP contribution in [0.25, 0.3) is 0 Å². The lowest BCUT2D eigenvalue weighted by Gasteiger charge is -2.14. The summed E-state index contributed by atoms with van der Waals surface area (Å²) >= 11 is 1.89. The number of thiophene rings is 1. The average Bonchev–Trinajstić information content (AvgIpc) is 4.27. The van der Waals surface area contributed by atoms with Crippen LogP contribution in [0.3, 0.4) is 0 Å². The van der Waals surface area contributed by atoms with Crippen LogP contribution in [-0.4, -0.2) is 29.7 Å². The van der Waals surface area contributed by atoms with Gasteiger partial charge in [-0.05, 0) is 169 Å². The molecule has 7 aromatic rings. The Labute approximate surface area is 507 Å². The first-order chi connectivity index (χ1) is 38.3. The van der Waals surface area contributed by atoms with Gasteiger partial charge in [0, 0.05) is 72.1 Å². The fourth-order valence-corrected chi connectivity index (χ4v) is 10.9. The van der Waals surface area contributed by atoms with Gasteiger partial charge in [0.25, 0.3) is 0 Å². The molecule has 0 saturated heterocycles. The Balaban J connectivity index is 0.000000478. The van der Waals surface area contributed by atoms with Crippen molar-refractivity contribution in [2.45, 2.75) is 277 Å². The average molecular weight is 1140 g/mol. The van der Waals surface area contributed by atoms with E-state index in [1.54, 1.807) is 11.1 Å². The second-order valence-electron chi connectivity index (χ2n) is 26.2. The van der Waals surface area contributed by atoms with Crippen molar-refractivity contribution in [3.8, 4) is 0 Å². The Morgan fingerprint density at radius 3 is 1.00 bits per heavy atom. The first-order valence-electron chi connectivity index (χ1n) is 31.2. The summed E-state index contributed by atoms with van der Waals surface area (Å²) < 4.78 is 7.37. The van der Waals surface area contributed by atoms with Gasteiger partial charge >= 0.3 is 0 Å². The lowest BCUT2D eigenvalue weighted by molar-refractivity contribution is 0.479. The molecule has 0 aromatic carbocycles. The molecule has 7 rings (SSSR count). The van der Waals surface area contributed by atoms with Gasteiger partial charge in [-0.1, -0.05) is 206 Å². The highest BCUT2D eigenvalue weighted by molar-refractivity contribution is 7.10.